The summed E-state index contributed by atoms with van der Waals surface area (Å²) < 4.78 is 13.1. The SMILES string of the molecule is CN(C)c1ccncc1NCc1cccc(F)c1. The van der Waals surface area contributed by atoms with E-state index in [0.717, 1.165) is 16.9 Å². The van der Waals surface area contributed by atoms with Crippen molar-refractivity contribution in [2.24, 2.45) is 0 Å². The second-order valence-electron chi connectivity index (χ2n) is 4.27. The van der Waals surface area contributed by atoms with Gasteiger partial charge >= 0.3 is 0 Å². The quantitative estimate of drug-likeness (QED) is 0.897. The fourth-order valence-electron chi connectivity index (χ4n) is 1.76. The monoisotopic (exact) mass is 245 g/mol. The Kier molecular flexibility index (Phi) is 3.77. The van der Waals surface area contributed by atoms with Crippen molar-refractivity contribution < 1.29 is 4.39 Å². The zero-order chi connectivity index (χ0) is 13.0. The molecule has 0 aliphatic heterocycles. The van der Waals surface area contributed by atoms with Crippen LogP contribution in [-0.2, 0) is 6.54 Å². The number of aromatic nitrogens is 1. The average molecular weight is 245 g/mol. The average Bonchev–Trinajstić information content (AvgIpc) is 2.37. The minimum atomic E-state index is -0.215. The van der Waals surface area contributed by atoms with Crippen molar-refractivity contribution >= 4 is 11.4 Å². The maximum Gasteiger partial charge on any atom is 0.123 e. The Labute approximate surface area is 106 Å². The van der Waals surface area contributed by atoms with Gasteiger partial charge in [0.2, 0.25) is 0 Å². The van der Waals surface area contributed by atoms with Gasteiger partial charge < -0.3 is 10.2 Å². The van der Waals surface area contributed by atoms with E-state index < -0.39 is 0 Å². The number of benzene rings is 1. The lowest BCUT2D eigenvalue weighted by Crippen LogP contribution is -2.12. The lowest BCUT2D eigenvalue weighted by molar-refractivity contribution is 0.626. The summed E-state index contributed by atoms with van der Waals surface area (Å²) in [6.45, 7) is 0.574. The Morgan fingerprint density at radius 1 is 1.28 bits per heavy atom. The van der Waals surface area contributed by atoms with Crippen LogP contribution in [0.3, 0.4) is 0 Å². The molecule has 1 aromatic carbocycles. The van der Waals surface area contributed by atoms with E-state index in [4.69, 9.17) is 0 Å². The number of anilines is 2. The Balaban J connectivity index is 2.11. The van der Waals surface area contributed by atoms with E-state index >= 15 is 0 Å². The molecular weight excluding hydrogens is 229 g/mol. The first-order valence-corrected chi connectivity index (χ1v) is 5.76. The number of hydrogen-bond donors (Lipinski definition) is 1. The number of nitrogens with one attached hydrogen (secondary N) is 1. The fourth-order valence-corrected chi connectivity index (χ4v) is 1.76. The largest absolute Gasteiger partial charge is 0.378 e. The predicted molar refractivity (Wildman–Crippen MR) is 72.3 cm³/mol. The highest BCUT2D eigenvalue weighted by atomic mass is 19.1. The van der Waals surface area contributed by atoms with E-state index in [1.54, 1.807) is 18.5 Å². The summed E-state index contributed by atoms with van der Waals surface area (Å²) in [6, 6.07) is 8.51. The minimum Gasteiger partial charge on any atom is -0.378 e. The molecule has 0 amide bonds. The molecule has 3 nitrogen and oxygen atoms in total. The fraction of sp³-hybridized carbons (Fsp3) is 0.214. The molecule has 0 fully saturated rings. The van der Waals surface area contributed by atoms with Crippen LogP contribution >= 0.6 is 0 Å². The molecular formula is C14H16FN3. The van der Waals surface area contributed by atoms with Gasteiger partial charge in [0.1, 0.15) is 5.82 Å². The summed E-state index contributed by atoms with van der Waals surface area (Å²) in [5.74, 6) is -0.215. The van der Waals surface area contributed by atoms with Gasteiger partial charge in [-0.1, -0.05) is 12.1 Å². The number of rotatable bonds is 4. The summed E-state index contributed by atoms with van der Waals surface area (Å²) in [4.78, 5) is 6.10. The lowest BCUT2D eigenvalue weighted by atomic mass is 10.2. The molecule has 0 spiro atoms. The van der Waals surface area contributed by atoms with Crippen LogP contribution in [0, 0.1) is 5.82 Å². The van der Waals surface area contributed by atoms with Crippen LogP contribution in [-0.4, -0.2) is 19.1 Å². The van der Waals surface area contributed by atoms with Crippen molar-refractivity contribution in [2.45, 2.75) is 6.54 Å². The van der Waals surface area contributed by atoms with Crippen LogP contribution in [0.15, 0.2) is 42.7 Å². The molecule has 1 N–H and O–H groups in total. The smallest absolute Gasteiger partial charge is 0.123 e. The van der Waals surface area contributed by atoms with Crippen molar-refractivity contribution in [3.05, 3.63) is 54.1 Å². The van der Waals surface area contributed by atoms with Crippen molar-refractivity contribution in [1.29, 1.82) is 0 Å². The van der Waals surface area contributed by atoms with E-state index in [9.17, 15) is 4.39 Å². The molecule has 1 heterocycles. The van der Waals surface area contributed by atoms with Crippen molar-refractivity contribution in [3.8, 4) is 0 Å². The maximum atomic E-state index is 13.1. The minimum absolute atomic E-state index is 0.215. The van der Waals surface area contributed by atoms with Crippen LogP contribution in [0.2, 0.25) is 0 Å². The molecule has 0 saturated heterocycles. The second kappa shape index (κ2) is 5.49. The third kappa shape index (κ3) is 2.97. The van der Waals surface area contributed by atoms with Gasteiger partial charge in [-0.05, 0) is 23.8 Å². The van der Waals surface area contributed by atoms with Crippen molar-refractivity contribution in [3.63, 3.8) is 0 Å². The van der Waals surface area contributed by atoms with Gasteiger partial charge in [0.25, 0.3) is 0 Å². The molecule has 1 aromatic heterocycles. The van der Waals surface area contributed by atoms with Crippen LogP contribution in [0.4, 0.5) is 15.8 Å². The molecule has 94 valence electrons. The molecule has 2 aromatic rings. The van der Waals surface area contributed by atoms with Gasteiger partial charge in [-0.3, -0.25) is 4.98 Å². The number of nitrogens with zero attached hydrogens (tertiary/aromatic N) is 2. The Bertz CT molecular complexity index is 526. The molecule has 0 bridgehead atoms. The van der Waals surface area contributed by atoms with Crippen LogP contribution in [0.1, 0.15) is 5.56 Å². The highest BCUT2D eigenvalue weighted by molar-refractivity contribution is 5.68. The normalized spacial score (nSPS) is 10.2. The summed E-state index contributed by atoms with van der Waals surface area (Å²) in [5.41, 5.74) is 2.90. The summed E-state index contributed by atoms with van der Waals surface area (Å²) >= 11 is 0. The third-order valence-corrected chi connectivity index (χ3v) is 2.65. The summed E-state index contributed by atoms with van der Waals surface area (Å²) in [5, 5.41) is 3.27. The maximum absolute atomic E-state index is 13.1. The summed E-state index contributed by atoms with van der Waals surface area (Å²) in [6.07, 6.45) is 3.53. The molecule has 0 atom stereocenters. The van der Waals surface area contributed by atoms with Gasteiger partial charge in [0.05, 0.1) is 17.6 Å². The van der Waals surface area contributed by atoms with Crippen LogP contribution in [0.5, 0.6) is 0 Å². The van der Waals surface area contributed by atoms with Crippen LogP contribution < -0.4 is 10.2 Å². The topological polar surface area (TPSA) is 28.2 Å². The van der Waals surface area contributed by atoms with E-state index in [-0.39, 0.29) is 5.82 Å². The molecule has 0 radical (unpaired) electrons. The van der Waals surface area contributed by atoms with Gasteiger partial charge in [0.15, 0.2) is 0 Å². The summed E-state index contributed by atoms with van der Waals surface area (Å²) in [7, 11) is 3.95. The molecule has 0 aliphatic carbocycles. The third-order valence-electron chi connectivity index (χ3n) is 2.65. The standard InChI is InChI=1S/C14H16FN3/c1-18(2)14-6-7-16-10-13(14)17-9-11-4-3-5-12(15)8-11/h3-8,10,17H,9H2,1-2H3. The van der Waals surface area contributed by atoms with Crippen molar-refractivity contribution in [2.75, 3.05) is 24.3 Å². The van der Waals surface area contributed by atoms with Gasteiger partial charge in [-0.15, -0.1) is 0 Å². The van der Waals surface area contributed by atoms with Gasteiger partial charge in [-0.25, -0.2) is 4.39 Å². The van der Waals surface area contributed by atoms with E-state index in [2.05, 4.69) is 10.3 Å². The molecule has 0 unspecified atom stereocenters. The predicted octanol–water partition coefficient (Wildman–Crippen LogP) is 2.90. The zero-order valence-electron chi connectivity index (χ0n) is 10.5. The molecule has 0 saturated carbocycles. The molecule has 4 heteroatoms. The Morgan fingerprint density at radius 3 is 2.83 bits per heavy atom. The van der Waals surface area contributed by atoms with Crippen LogP contribution in [0.25, 0.3) is 0 Å². The van der Waals surface area contributed by atoms with Gasteiger partial charge in [0, 0.05) is 26.8 Å². The first kappa shape index (κ1) is 12.4. The highest BCUT2D eigenvalue weighted by Crippen LogP contribution is 2.22. The van der Waals surface area contributed by atoms with E-state index in [1.165, 1.54) is 12.1 Å². The number of halogens is 1. The lowest BCUT2D eigenvalue weighted by Gasteiger charge is -2.17. The molecule has 18 heavy (non-hydrogen) atoms. The Morgan fingerprint density at radius 2 is 2.11 bits per heavy atom. The van der Waals surface area contributed by atoms with Crippen molar-refractivity contribution in [1.82, 2.24) is 4.98 Å². The zero-order valence-corrected chi connectivity index (χ0v) is 10.5. The first-order chi connectivity index (χ1) is 8.66. The van der Waals surface area contributed by atoms with Gasteiger partial charge in [-0.2, -0.15) is 0 Å². The molecule has 0 aliphatic rings. The second-order valence-corrected chi connectivity index (χ2v) is 4.27. The van der Waals surface area contributed by atoms with E-state index in [1.807, 2.05) is 31.1 Å². The van der Waals surface area contributed by atoms with E-state index in [0.29, 0.717) is 6.54 Å². The first-order valence-electron chi connectivity index (χ1n) is 5.76. The number of pyridine rings is 1. The highest BCUT2D eigenvalue weighted by Gasteiger charge is 2.03. The molecule has 2 rings (SSSR count). The Hall–Kier alpha value is -2.10. The number of hydrogen-bond acceptors (Lipinski definition) is 3.